The Balaban J connectivity index is 1.53. The minimum Gasteiger partial charge on any atom is -0.465 e. The number of rotatable bonds is 3. The number of urea groups is 1. The zero-order chi connectivity index (χ0) is 18.5. The van der Waals surface area contributed by atoms with Gasteiger partial charge in [0.1, 0.15) is 0 Å². The van der Waals surface area contributed by atoms with Crippen LogP contribution in [0.4, 0.5) is 10.5 Å². The molecule has 0 aliphatic carbocycles. The molecule has 2 fully saturated rings. The average molecular weight is 378 g/mol. The van der Waals surface area contributed by atoms with Gasteiger partial charge < -0.3 is 15.0 Å². The standard InChI is InChI=1S/C19H27N3O3S/c1-14-13-15(18(23)25-2)3-4-17(14)20-19(24)22-9-7-21(8-10-22)16-5-11-26-12-6-16/h3-4,13,16H,5-12H2,1-2H3,(H,20,24). The zero-order valence-electron chi connectivity index (χ0n) is 15.5. The maximum atomic E-state index is 12.6. The molecule has 3 rings (SSSR count). The van der Waals surface area contributed by atoms with Gasteiger partial charge in [0.25, 0.3) is 0 Å². The van der Waals surface area contributed by atoms with Crippen LogP contribution in [0.5, 0.6) is 0 Å². The van der Waals surface area contributed by atoms with Crippen molar-refractivity contribution in [3.8, 4) is 0 Å². The van der Waals surface area contributed by atoms with E-state index in [1.807, 2.05) is 23.6 Å². The number of methoxy groups -OCH3 is 1. The summed E-state index contributed by atoms with van der Waals surface area (Å²) in [6.45, 7) is 5.29. The number of anilines is 1. The molecule has 1 N–H and O–H groups in total. The molecular weight excluding hydrogens is 350 g/mol. The number of amides is 2. The maximum absolute atomic E-state index is 12.6. The van der Waals surface area contributed by atoms with Gasteiger partial charge in [-0.25, -0.2) is 9.59 Å². The highest BCUT2D eigenvalue weighted by molar-refractivity contribution is 7.99. The molecule has 26 heavy (non-hydrogen) atoms. The van der Waals surface area contributed by atoms with Crippen LogP contribution in [0.3, 0.4) is 0 Å². The van der Waals surface area contributed by atoms with E-state index in [2.05, 4.69) is 10.2 Å². The predicted octanol–water partition coefficient (Wildman–Crippen LogP) is 2.83. The molecule has 2 aliphatic rings. The SMILES string of the molecule is COC(=O)c1ccc(NC(=O)N2CCN(C3CCSCC3)CC2)c(C)c1. The van der Waals surface area contributed by atoms with Crippen molar-refractivity contribution in [3.63, 3.8) is 0 Å². The fraction of sp³-hybridized carbons (Fsp3) is 0.579. The molecule has 1 aromatic carbocycles. The number of carbonyl (C=O) groups is 2. The Labute approximate surface area is 159 Å². The van der Waals surface area contributed by atoms with Gasteiger partial charge >= 0.3 is 12.0 Å². The second-order valence-electron chi connectivity index (χ2n) is 6.82. The van der Waals surface area contributed by atoms with Crippen molar-refractivity contribution < 1.29 is 14.3 Å². The summed E-state index contributed by atoms with van der Waals surface area (Å²) < 4.78 is 4.73. The number of benzene rings is 1. The van der Waals surface area contributed by atoms with Crippen molar-refractivity contribution in [2.45, 2.75) is 25.8 Å². The summed E-state index contributed by atoms with van der Waals surface area (Å²) >= 11 is 2.04. The number of thioether (sulfide) groups is 1. The highest BCUT2D eigenvalue weighted by atomic mass is 32.2. The Bertz CT molecular complexity index is 653. The summed E-state index contributed by atoms with van der Waals surface area (Å²) in [5, 5.41) is 2.97. The molecule has 0 spiro atoms. The fourth-order valence-corrected chi connectivity index (χ4v) is 4.67. The van der Waals surface area contributed by atoms with Gasteiger partial charge in [-0.05, 0) is 55.0 Å². The molecule has 1 aromatic rings. The second-order valence-corrected chi connectivity index (χ2v) is 8.04. The smallest absolute Gasteiger partial charge is 0.337 e. The second kappa shape index (κ2) is 8.77. The maximum Gasteiger partial charge on any atom is 0.337 e. The van der Waals surface area contributed by atoms with E-state index in [9.17, 15) is 9.59 Å². The lowest BCUT2D eigenvalue weighted by Crippen LogP contribution is -2.53. The first-order valence-electron chi connectivity index (χ1n) is 9.15. The first-order chi connectivity index (χ1) is 12.6. The Kier molecular flexibility index (Phi) is 6.43. The van der Waals surface area contributed by atoms with Gasteiger partial charge in [-0.15, -0.1) is 0 Å². The predicted molar refractivity (Wildman–Crippen MR) is 105 cm³/mol. The third-order valence-corrected chi connectivity index (χ3v) is 6.25. The molecule has 2 amide bonds. The first-order valence-corrected chi connectivity index (χ1v) is 10.3. The molecule has 7 heteroatoms. The number of nitrogens with one attached hydrogen (secondary N) is 1. The van der Waals surface area contributed by atoms with Crippen molar-refractivity contribution in [1.82, 2.24) is 9.80 Å². The molecule has 0 bridgehead atoms. The molecule has 142 valence electrons. The summed E-state index contributed by atoms with van der Waals surface area (Å²) in [7, 11) is 1.36. The van der Waals surface area contributed by atoms with Crippen LogP contribution < -0.4 is 5.32 Å². The molecule has 0 saturated carbocycles. The molecule has 0 aromatic heterocycles. The van der Waals surface area contributed by atoms with Gasteiger partial charge in [-0.2, -0.15) is 11.8 Å². The third kappa shape index (κ3) is 4.51. The Hall–Kier alpha value is -1.73. The average Bonchev–Trinajstić information content (AvgIpc) is 2.69. The van der Waals surface area contributed by atoms with Gasteiger partial charge in [0, 0.05) is 37.9 Å². The number of hydrogen-bond acceptors (Lipinski definition) is 5. The number of ether oxygens (including phenoxy) is 1. The van der Waals surface area contributed by atoms with Crippen LogP contribution in [0.15, 0.2) is 18.2 Å². The quantitative estimate of drug-likeness (QED) is 0.821. The van der Waals surface area contributed by atoms with Crippen molar-refractivity contribution in [2.24, 2.45) is 0 Å². The summed E-state index contributed by atoms with van der Waals surface area (Å²) in [4.78, 5) is 28.6. The zero-order valence-corrected chi connectivity index (χ0v) is 16.3. The van der Waals surface area contributed by atoms with Crippen molar-refractivity contribution >= 4 is 29.4 Å². The van der Waals surface area contributed by atoms with Gasteiger partial charge in [0.2, 0.25) is 0 Å². The number of aryl methyl sites for hydroxylation is 1. The van der Waals surface area contributed by atoms with E-state index in [1.165, 1.54) is 31.5 Å². The van der Waals surface area contributed by atoms with Gasteiger partial charge in [0.15, 0.2) is 0 Å². The highest BCUT2D eigenvalue weighted by Gasteiger charge is 2.27. The summed E-state index contributed by atoms with van der Waals surface area (Å²) in [5.41, 5.74) is 2.07. The number of carbonyl (C=O) groups excluding carboxylic acids is 2. The van der Waals surface area contributed by atoms with Crippen LogP contribution in [0.1, 0.15) is 28.8 Å². The molecule has 2 aliphatic heterocycles. The van der Waals surface area contributed by atoms with Crippen LogP contribution in [0, 0.1) is 6.92 Å². The lowest BCUT2D eigenvalue weighted by molar-refractivity contribution is 0.0600. The Morgan fingerprint density at radius 2 is 1.85 bits per heavy atom. The Morgan fingerprint density at radius 1 is 1.15 bits per heavy atom. The van der Waals surface area contributed by atoms with E-state index in [0.29, 0.717) is 11.6 Å². The van der Waals surface area contributed by atoms with Crippen molar-refractivity contribution in [1.29, 1.82) is 0 Å². The van der Waals surface area contributed by atoms with Crippen LogP contribution in [0.25, 0.3) is 0 Å². The van der Waals surface area contributed by atoms with Gasteiger partial charge in [-0.1, -0.05) is 0 Å². The van der Waals surface area contributed by atoms with Crippen LogP contribution >= 0.6 is 11.8 Å². The number of nitrogens with zero attached hydrogens (tertiary/aromatic N) is 2. The van der Waals surface area contributed by atoms with Gasteiger partial charge in [0.05, 0.1) is 12.7 Å². The normalized spacial score (nSPS) is 19.2. The minimum absolute atomic E-state index is 0.0715. The largest absolute Gasteiger partial charge is 0.465 e. The van der Waals surface area contributed by atoms with E-state index in [4.69, 9.17) is 4.74 Å². The van der Waals surface area contributed by atoms with E-state index < -0.39 is 0 Å². The molecule has 2 saturated heterocycles. The molecule has 6 nitrogen and oxygen atoms in total. The summed E-state index contributed by atoms with van der Waals surface area (Å²) in [5.74, 6) is 2.14. The molecule has 0 unspecified atom stereocenters. The molecule has 0 atom stereocenters. The highest BCUT2D eigenvalue weighted by Crippen LogP contribution is 2.23. The lowest BCUT2D eigenvalue weighted by atomic mass is 10.1. The van der Waals surface area contributed by atoms with E-state index in [1.54, 1.807) is 18.2 Å². The summed E-state index contributed by atoms with van der Waals surface area (Å²) in [6.07, 6.45) is 2.53. The van der Waals surface area contributed by atoms with E-state index in [0.717, 1.165) is 37.4 Å². The first kappa shape index (κ1) is 19.0. The minimum atomic E-state index is -0.372. The topological polar surface area (TPSA) is 61.9 Å². The number of hydrogen-bond donors (Lipinski definition) is 1. The number of piperazine rings is 1. The van der Waals surface area contributed by atoms with Crippen LogP contribution in [-0.4, -0.2) is 72.6 Å². The number of esters is 1. The van der Waals surface area contributed by atoms with Crippen molar-refractivity contribution in [2.75, 3.05) is 50.1 Å². The fourth-order valence-electron chi connectivity index (χ4n) is 3.58. The monoisotopic (exact) mass is 377 g/mol. The van der Waals surface area contributed by atoms with Gasteiger partial charge in [-0.3, -0.25) is 4.90 Å². The van der Waals surface area contributed by atoms with Crippen LogP contribution in [0.2, 0.25) is 0 Å². The van der Waals surface area contributed by atoms with Crippen molar-refractivity contribution in [3.05, 3.63) is 29.3 Å². The Morgan fingerprint density at radius 3 is 2.46 bits per heavy atom. The molecular formula is C19H27N3O3S. The molecule has 0 radical (unpaired) electrons. The van der Waals surface area contributed by atoms with Crippen LogP contribution in [-0.2, 0) is 4.74 Å². The molecule has 2 heterocycles. The van der Waals surface area contributed by atoms with E-state index in [-0.39, 0.29) is 12.0 Å². The van der Waals surface area contributed by atoms with E-state index >= 15 is 0 Å². The lowest BCUT2D eigenvalue weighted by Gasteiger charge is -2.40. The third-order valence-electron chi connectivity index (χ3n) is 5.20. The summed E-state index contributed by atoms with van der Waals surface area (Å²) in [6, 6.07) is 5.79.